The fraction of sp³-hybridized carbons (Fsp3) is 0.421. The van der Waals surface area contributed by atoms with Crippen molar-refractivity contribution < 1.29 is 19.7 Å². The van der Waals surface area contributed by atoms with Crippen LogP contribution >= 0.6 is 0 Å². The number of hydrogen-bond donors (Lipinski definition) is 3. The van der Waals surface area contributed by atoms with E-state index in [1.807, 2.05) is 30.3 Å². The van der Waals surface area contributed by atoms with Gasteiger partial charge in [0.2, 0.25) is 0 Å². The molecule has 0 aliphatic carbocycles. The van der Waals surface area contributed by atoms with Gasteiger partial charge in [-0.2, -0.15) is 0 Å². The second kappa shape index (κ2) is 5.17. The van der Waals surface area contributed by atoms with E-state index in [1.165, 1.54) is 0 Å². The van der Waals surface area contributed by atoms with Crippen LogP contribution in [0.25, 0.3) is 11.1 Å². The number of H-pyrrole nitrogens is 1. The van der Waals surface area contributed by atoms with Crippen LogP contribution in [0.1, 0.15) is 26.3 Å². The molecule has 0 bridgehead atoms. The SMILES string of the molecule is CC(O)C1(C)O[C@H](O)C2(C)c3c([nH]cc(-c4ccccc4)c3=O)OC12. The molecular formula is C19H21NO5. The first kappa shape index (κ1) is 16.3. The highest BCUT2D eigenvalue weighted by Gasteiger charge is 2.68. The maximum absolute atomic E-state index is 13.2. The molecule has 2 aliphatic rings. The van der Waals surface area contributed by atoms with Crippen molar-refractivity contribution in [3.05, 3.63) is 52.3 Å². The fourth-order valence-electron chi connectivity index (χ4n) is 4.01. The van der Waals surface area contributed by atoms with Gasteiger partial charge in [-0.25, -0.2) is 0 Å². The van der Waals surface area contributed by atoms with Gasteiger partial charge in [-0.1, -0.05) is 30.3 Å². The molecule has 6 nitrogen and oxygen atoms in total. The Bertz CT molecular complexity index is 877. The molecular weight excluding hydrogens is 322 g/mol. The van der Waals surface area contributed by atoms with E-state index < -0.39 is 29.5 Å². The minimum absolute atomic E-state index is 0.206. The molecule has 132 valence electrons. The van der Waals surface area contributed by atoms with Crippen LogP contribution in [0.3, 0.4) is 0 Å². The molecule has 0 amide bonds. The molecule has 25 heavy (non-hydrogen) atoms. The van der Waals surface area contributed by atoms with Gasteiger partial charge in [0.05, 0.1) is 17.1 Å². The van der Waals surface area contributed by atoms with Crippen molar-refractivity contribution in [2.24, 2.45) is 0 Å². The molecule has 1 saturated heterocycles. The number of rotatable bonds is 2. The number of ether oxygens (including phenoxy) is 2. The Morgan fingerprint density at radius 2 is 1.92 bits per heavy atom. The van der Waals surface area contributed by atoms with E-state index >= 15 is 0 Å². The second-order valence-electron chi connectivity index (χ2n) is 7.21. The monoisotopic (exact) mass is 343 g/mol. The molecule has 6 heteroatoms. The summed E-state index contributed by atoms with van der Waals surface area (Å²) in [4.78, 5) is 16.2. The van der Waals surface area contributed by atoms with Crippen molar-refractivity contribution in [1.29, 1.82) is 0 Å². The zero-order chi connectivity index (χ0) is 18.0. The molecule has 1 aromatic heterocycles. The van der Waals surface area contributed by atoms with Crippen molar-refractivity contribution in [2.75, 3.05) is 0 Å². The molecule has 0 saturated carbocycles. The first-order chi connectivity index (χ1) is 11.8. The summed E-state index contributed by atoms with van der Waals surface area (Å²) in [6.07, 6.45) is -1.20. The number of aromatic amines is 1. The van der Waals surface area contributed by atoms with Gasteiger partial charge in [0, 0.05) is 11.8 Å². The van der Waals surface area contributed by atoms with Crippen LogP contribution in [0.4, 0.5) is 0 Å². The van der Waals surface area contributed by atoms with E-state index in [0.717, 1.165) is 5.56 Å². The van der Waals surface area contributed by atoms with Gasteiger partial charge in [0.1, 0.15) is 11.7 Å². The first-order valence-corrected chi connectivity index (χ1v) is 8.32. The quantitative estimate of drug-likeness (QED) is 0.769. The van der Waals surface area contributed by atoms with Gasteiger partial charge < -0.3 is 24.7 Å². The van der Waals surface area contributed by atoms with E-state index in [9.17, 15) is 15.0 Å². The third-order valence-electron chi connectivity index (χ3n) is 5.68. The Labute approximate surface area is 145 Å². The van der Waals surface area contributed by atoms with Gasteiger partial charge in [0.25, 0.3) is 0 Å². The Morgan fingerprint density at radius 1 is 1.24 bits per heavy atom. The molecule has 3 heterocycles. The summed E-state index contributed by atoms with van der Waals surface area (Å²) in [5.41, 5.74) is -0.758. The predicted molar refractivity (Wildman–Crippen MR) is 91.4 cm³/mol. The number of pyridine rings is 1. The highest BCUT2D eigenvalue weighted by Crippen LogP contribution is 2.54. The summed E-state index contributed by atoms with van der Waals surface area (Å²) >= 11 is 0. The van der Waals surface area contributed by atoms with Crippen LogP contribution in [-0.4, -0.2) is 39.3 Å². The van der Waals surface area contributed by atoms with E-state index in [4.69, 9.17) is 9.47 Å². The van der Waals surface area contributed by atoms with Crippen LogP contribution in [0.5, 0.6) is 5.88 Å². The smallest absolute Gasteiger partial charge is 0.199 e. The zero-order valence-electron chi connectivity index (χ0n) is 14.3. The highest BCUT2D eigenvalue weighted by molar-refractivity contribution is 5.65. The largest absolute Gasteiger partial charge is 0.471 e. The molecule has 0 spiro atoms. The summed E-state index contributed by atoms with van der Waals surface area (Å²) in [5.74, 6) is 0.325. The van der Waals surface area contributed by atoms with Gasteiger partial charge in [0.15, 0.2) is 17.6 Å². The van der Waals surface area contributed by atoms with Crippen molar-refractivity contribution >= 4 is 0 Å². The number of nitrogens with one attached hydrogen (secondary N) is 1. The molecule has 1 aromatic carbocycles. The normalized spacial score (nSPS) is 34.3. The van der Waals surface area contributed by atoms with Crippen molar-refractivity contribution in [2.45, 2.75) is 50.3 Å². The zero-order valence-corrected chi connectivity index (χ0v) is 14.3. The van der Waals surface area contributed by atoms with E-state index in [-0.39, 0.29) is 5.43 Å². The summed E-state index contributed by atoms with van der Waals surface area (Å²) in [7, 11) is 0. The second-order valence-corrected chi connectivity index (χ2v) is 7.21. The summed E-state index contributed by atoms with van der Waals surface area (Å²) < 4.78 is 11.6. The Morgan fingerprint density at radius 3 is 2.56 bits per heavy atom. The molecule has 5 atom stereocenters. The number of aromatic nitrogens is 1. The van der Waals surface area contributed by atoms with E-state index in [2.05, 4.69) is 4.98 Å². The molecule has 2 aromatic rings. The molecule has 4 unspecified atom stereocenters. The van der Waals surface area contributed by atoms with Crippen LogP contribution in [-0.2, 0) is 10.2 Å². The van der Waals surface area contributed by atoms with Crippen molar-refractivity contribution in [1.82, 2.24) is 4.98 Å². The fourth-order valence-corrected chi connectivity index (χ4v) is 4.01. The minimum Gasteiger partial charge on any atom is -0.471 e. The average Bonchev–Trinajstić information content (AvgIpc) is 3.00. The first-order valence-electron chi connectivity index (χ1n) is 8.32. The van der Waals surface area contributed by atoms with Crippen LogP contribution in [0.15, 0.2) is 41.3 Å². The standard InChI is InChI=1S/C19H21NO5/c1-10(21)19(3)16-18(2,17(23)25-19)13-14(22)12(9-20-15(13)24-16)11-7-5-4-6-8-11/h4-10,16-17,21,23H,1-3H3,(H,20,22)/t10?,16?,17-,18?,19?/m0/s1. The van der Waals surface area contributed by atoms with Gasteiger partial charge in [-0.3, -0.25) is 4.79 Å². The molecule has 4 rings (SSSR count). The minimum atomic E-state index is -1.26. The van der Waals surface area contributed by atoms with Crippen molar-refractivity contribution in [3.8, 4) is 17.0 Å². The Kier molecular flexibility index (Phi) is 3.38. The molecule has 3 N–H and O–H groups in total. The lowest BCUT2D eigenvalue weighted by molar-refractivity contribution is -0.184. The number of benzene rings is 1. The van der Waals surface area contributed by atoms with Gasteiger partial charge in [-0.05, 0) is 26.3 Å². The lowest BCUT2D eigenvalue weighted by Crippen LogP contribution is -2.52. The third-order valence-corrected chi connectivity index (χ3v) is 5.68. The van der Waals surface area contributed by atoms with Gasteiger partial charge >= 0.3 is 0 Å². The summed E-state index contributed by atoms with van der Waals surface area (Å²) in [6, 6.07) is 9.32. The number of hydrogen-bond acceptors (Lipinski definition) is 5. The summed E-state index contributed by atoms with van der Waals surface area (Å²) in [5, 5.41) is 20.8. The number of fused-ring (bicyclic) bond motifs is 3. The van der Waals surface area contributed by atoms with Gasteiger partial charge in [-0.15, -0.1) is 0 Å². The average molecular weight is 343 g/mol. The lowest BCUT2D eigenvalue weighted by atomic mass is 9.74. The third kappa shape index (κ3) is 1.99. The topological polar surface area (TPSA) is 91.8 Å². The van der Waals surface area contributed by atoms with E-state index in [0.29, 0.717) is 17.0 Å². The molecule has 0 radical (unpaired) electrons. The number of aliphatic hydroxyl groups excluding tert-OH is 2. The Hall–Kier alpha value is -2.15. The van der Waals surface area contributed by atoms with Crippen LogP contribution in [0, 0.1) is 0 Å². The molecule has 2 aliphatic heterocycles. The van der Waals surface area contributed by atoms with E-state index in [1.54, 1.807) is 27.0 Å². The maximum Gasteiger partial charge on any atom is 0.199 e. The number of aliphatic hydroxyl groups is 2. The van der Waals surface area contributed by atoms with Crippen LogP contribution in [0.2, 0.25) is 0 Å². The molecule has 1 fully saturated rings. The highest BCUT2D eigenvalue weighted by atomic mass is 16.7. The maximum atomic E-state index is 13.2. The Balaban J connectivity index is 1.91. The lowest BCUT2D eigenvalue weighted by Gasteiger charge is -2.32. The van der Waals surface area contributed by atoms with Crippen LogP contribution < -0.4 is 10.2 Å². The predicted octanol–water partition coefficient (Wildman–Crippen LogP) is 1.55. The summed E-state index contributed by atoms with van der Waals surface area (Å²) in [6.45, 7) is 5.01. The van der Waals surface area contributed by atoms with Crippen molar-refractivity contribution in [3.63, 3.8) is 0 Å².